The van der Waals surface area contributed by atoms with Gasteiger partial charge in [0.05, 0.1) is 5.69 Å². The van der Waals surface area contributed by atoms with E-state index in [2.05, 4.69) is 35.2 Å². The monoisotopic (exact) mass is 322 g/mol. The Hall–Kier alpha value is -1.68. The molecular formula is C20H26N4. The van der Waals surface area contributed by atoms with Crippen molar-refractivity contribution in [3.05, 3.63) is 41.1 Å². The number of likely N-dealkylation sites (N-methyl/N-ethyl adjacent to an activating group) is 1. The smallest absolute Gasteiger partial charge is 0.155 e. The van der Waals surface area contributed by atoms with Gasteiger partial charge in [-0.15, -0.1) is 0 Å². The quantitative estimate of drug-likeness (QED) is 0.837. The molecule has 1 aromatic rings. The SMILES string of the molecule is CN1CCN(C2=CCC(c3ncc4c(n3)C3CCC4C3)=CC2)CC1. The molecule has 24 heavy (non-hydrogen) atoms. The van der Waals surface area contributed by atoms with Gasteiger partial charge >= 0.3 is 0 Å². The molecule has 4 aliphatic rings. The number of rotatable bonds is 2. The van der Waals surface area contributed by atoms with Crippen molar-refractivity contribution < 1.29 is 0 Å². The topological polar surface area (TPSA) is 32.3 Å². The van der Waals surface area contributed by atoms with Crippen LogP contribution in [0.3, 0.4) is 0 Å². The number of piperazine rings is 1. The van der Waals surface area contributed by atoms with E-state index in [1.807, 2.05) is 0 Å². The highest BCUT2D eigenvalue weighted by molar-refractivity contribution is 5.63. The van der Waals surface area contributed by atoms with Crippen molar-refractivity contribution in [3.63, 3.8) is 0 Å². The second kappa shape index (κ2) is 5.69. The zero-order valence-corrected chi connectivity index (χ0v) is 14.5. The van der Waals surface area contributed by atoms with Crippen molar-refractivity contribution in [2.24, 2.45) is 0 Å². The van der Waals surface area contributed by atoms with Crippen LogP contribution >= 0.6 is 0 Å². The Morgan fingerprint density at radius 3 is 2.62 bits per heavy atom. The molecule has 4 heteroatoms. The third-order valence-corrected chi connectivity index (χ3v) is 6.42. The van der Waals surface area contributed by atoms with Crippen LogP contribution in [0.4, 0.5) is 0 Å². The lowest BCUT2D eigenvalue weighted by atomic mass is 9.96. The average molecular weight is 322 g/mol. The van der Waals surface area contributed by atoms with Crippen LogP contribution in [0.1, 0.15) is 61.0 Å². The number of nitrogens with zero attached hydrogens (tertiary/aromatic N) is 4. The molecule has 2 atom stereocenters. The maximum atomic E-state index is 4.98. The lowest BCUT2D eigenvalue weighted by molar-refractivity contribution is 0.183. The van der Waals surface area contributed by atoms with Gasteiger partial charge in [0.2, 0.25) is 0 Å². The molecule has 2 bridgehead atoms. The summed E-state index contributed by atoms with van der Waals surface area (Å²) >= 11 is 0. The Morgan fingerprint density at radius 2 is 1.83 bits per heavy atom. The molecule has 0 N–H and O–H groups in total. The molecule has 0 amide bonds. The zero-order valence-electron chi connectivity index (χ0n) is 14.5. The minimum Gasteiger partial charge on any atom is -0.372 e. The maximum Gasteiger partial charge on any atom is 0.155 e. The Bertz CT molecular complexity index is 712. The summed E-state index contributed by atoms with van der Waals surface area (Å²) in [6, 6.07) is 0. The summed E-state index contributed by atoms with van der Waals surface area (Å²) in [6.45, 7) is 4.66. The van der Waals surface area contributed by atoms with Crippen molar-refractivity contribution in [2.45, 2.75) is 43.9 Å². The van der Waals surface area contributed by atoms with Crippen LogP contribution in [0, 0.1) is 0 Å². The van der Waals surface area contributed by atoms with E-state index in [0.29, 0.717) is 5.92 Å². The number of allylic oxidation sites excluding steroid dienone is 3. The van der Waals surface area contributed by atoms with Gasteiger partial charge in [-0.2, -0.15) is 0 Å². The molecule has 0 radical (unpaired) electrons. The fourth-order valence-electron chi connectivity index (χ4n) is 4.87. The van der Waals surface area contributed by atoms with Gasteiger partial charge in [0.15, 0.2) is 5.82 Å². The van der Waals surface area contributed by atoms with E-state index in [-0.39, 0.29) is 0 Å². The van der Waals surface area contributed by atoms with Gasteiger partial charge in [0.25, 0.3) is 0 Å². The fourth-order valence-corrected chi connectivity index (χ4v) is 4.87. The molecule has 2 unspecified atom stereocenters. The molecular weight excluding hydrogens is 296 g/mol. The first-order valence-electron chi connectivity index (χ1n) is 9.46. The summed E-state index contributed by atoms with van der Waals surface area (Å²) in [6.07, 6.45) is 12.9. The molecule has 2 fully saturated rings. The van der Waals surface area contributed by atoms with Gasteiger partial charge in [0.1, 0.15) is 0 Å². The summed E-state index contributed by atoms with van der Waals surface area (Å²) in [5.74, 6) is 2.45. The van der Waals surface area contributed by atoms with E-state index >= 15 is 0 Å². The van der Waals surface area contributed by atoms with Crippen LogP contribution in [-0.4, -0.2) is 53.0 Å². The van der Waals surface area contributed by atoms with Crippen LogP contribution < -0.4 is 0 Å². The second-order valence-electron chi connectivity index (χ2n) is 7.86. The average Bonchev–Trinajstić information content (AvgIpc) is 3.25. The van der Waals surface area contributed by atoms with Gasteiger partial charge in [-0.05, 0) is 49.8 Å². The minimum atomic E-state index is 0.715. The molecule has 1 saturated heterocycles. The summed E-state index contributed by atoms with van der Waals surface area (Å²) < 4.78 is 0. The Morgan fingerprint density at radius 1 is 1.00 bits per heavy atom. The lowest BCUT2D eigenvalue weighted by Gasteiger charge is -2.36. The molecule has 5 rings (SSSR count). The minimum absolute atomic E-state index is 0.715. The Balaban J connectivity index is 1.31. The highest BCUT2D eigenvalue weighted by atomic mass is 15.2. The van der Waals surface area contributed by atoms with Crippen LogP contribution in [0.15, 0.2) is 24.0 Å². The highest BCUT2D eigenvalue weighted by Crippen LogP contribution is 2.52. The van der Waals surface area contributed by atoms with Crippen molar-refractivity contribution in [1.82, 2.24) is 19.8 Å². The van der Waals surface area contributed by atoms with Gasteiger partial charge in [-0.25, -0.2) is 9.97 Å². The summed E-state index contributed by atoms with van der Waals surface area (Å²) in [5, 5.41) is 0. The number of hydrogen-bond acceptors (Lipinski definition) is 4. The fraction of sp³-hybridized carbons (Fsp3) is 0.600. The molecule has 2 heterocycles. The summed E-state index contributed by atoms with van der Waals surface area (Å²) in [7, 11) is 2.21. The van der Waals surface area contributed by atoms with E-state index < -0.39 is 0 Å². The van der Waals surface area contributed by atoms with E-state index in [9.17, 15) is 0 Å². The first kappa shape index (κ1) is 14.6. The van der Waals surface area contributed by atoms with Gasteiger partial charge in [-0.1, -0.05) is 12.2 Å². The molecule has 3 aliphatic carbocycles. The van der Waals surface area contributed by atoms with Crippen molar-refractivity contribution in [3.8, 4) is 0 Å². The largest absolute Gasteiger partial charge is 0.372 e. The number of fused-ring (bicyclic) bond motifs is 5. The van der Waals surface area contributed by atoms with Crippen LogP contribution in [0.2, 0.25) is 0 Å². The van der Waals surface area contributed by atoms with E-state index in [1.54, 1.807) is 0 Å². The second-order valence-corrected chi connectivity index (χ2v) is 7.86. The molecule has 0 spiro atoms. The van der Waals surface area contributed by atoms with Crippen LogP contribution in [0.5, 0.6) is 0 Å². The van der Waals surface area contributed by atoms with Gasteiger partial charge < -0.3 is 9.80 Å². The molecule has 1 saturated carbocycles. The molecule has 1 aromatic heterocycles. The first-order chi connectivity index (χ1) is 11.8. The third kappa shape index (κ3) is 2.39. The van der Waals surface area contributed by atoms with Crippen LogP contribution in [0.25, 0.3) is 5.57 Å². The molecule has 0 aromatic carbocycles. The number of aromatic nitrogens is 2. The third-order valence-electron chi connectivity index (χ3n) is 6.42. The highest BCUT2D eigenvalue weighted by Gasteiger charge is 2.38. The van der Waals surface area contributed by atoms with Crippen molar-refractivity contribution >= 4 is 5.57 Å². The maximum absolute atomic E-state index is 4.98. The number of hydrogen-bond donors (Lipinski definition) is 0. The predicted octanol–water partition coefficient (Wildman–Crippen LogP) is 3.15. The van der Waals surface area contributed by atoms with E-state index in [4.69, 9.17) is 9.97 Å². The van der Waals surface area contributed by atoms with E-state index in [0.717, 1.165) is 37.7 Å². The van der Waals surface area contributed by atoms with Crippen LogP contribution in [-0.2, 0) is 0 Å². The first-order valence-corrected chi connectivity index (χ1v) is 9.46. The predicted molar refractivity (Wildman–Crippen MR) is 95.7 cm³/mol. The van der Waals surface area contributed by atoms with Crippen molar-refractivity contribution in [2.75, 3.05) is 33.2 Å². The van der Waals surface area contributed by atoms with Gasteiger partial charge in [0, 0.05) is 50.4 Å². The normalized spacial score (nSPS) is 29.5. The zero-order chi connectivity index (χ0) is 16.1. The van der Waals surface area contributed by atoms with E-state index in [1.165, 1.54) is 54.9 Å². The standard InChI is InChI=1S/C20H26N4/c1-23-8-10-24(11-9-23)17-6-4-14(5-7-17)20-21-13-18-15-2-3-16(12-15)19(18)22-20/h4,7,13,15-16H,2-3,5-6,8-12H2,1H3. The summed E-state index contributed by atoms with van der Waals surface area (Å²) in [4.78, 5) is 14.7. The Labute approximate surface area is 144 Å². The van der Waals surface area contributed by atoms with Gasteiger partial charge in [-0.3, -0.25) is 0 Å². The Kier molecular flexibility index (Phi) is 3.47. The summed E-state index contributed by atoms with van der Waals surface area (Å²) in [5.41, 5.74) is 5.62. The van der Waals surface area contributed by atoms with Crippen molar-refractivity contribution in [1.29, 1.82) is 0 Å². The molecule has 126 valence electrons. The lowest BCUT2D eigenvalue weighted by Crippen LogP contribution is -2.43. The molecule has 4 nitrogen and oxygen atoms in total. The molecule has 1 aliphatic heterocycles.